The highest BCUT2D eigenvalue weighted by Crippen LogP contribution is 2.29. The van der Waals surface area contributed by atoms with Gasteiger partial charge in [0.05, 0.1) is 19.3 Å². The van der Waals surface area contributed by atoms with Crippen molar-refractivity contribution in [3.8, 4) is 5.75 Å². The van der Waals surface area contributed by atoms with Crippen molar-refractivity contribution in [2.24, 2.45) is 5.73 Å². The number of likely N-dealkylation sites (tertiary alicyclic amines) is 1. The van der Waals surface area contributed by atoms with E-state index in [0.29, 0.717) is 24.0 Å². The van der Waals surface area contributed by atoms with Crippen LogP contribution in [0.3, 0.4) is 0 Å². The Balaban J connectivity index is 1.74. The van der Waals surface area contributed by atoms with E-state index in [-0.39, 0.29) is 18.9 Å². The minimum atomic E-state index is -0.430. The fourth-order valence-corrected chi connectivity index (χ4v) is 3.93. The second kappa shape index (κ2) is 10.1. The Morgan fingerprint density at radius 2 is 1.86 bits per heavy atom. The first-order chi connectivity index (χ1) is 14.1. The quantitative estimate of drug-likeness (QED) is 0.708. The summed E-state index contributed by atoms with van der Waals surface area (Å²) in [5.41, 5.74) is 7.29. The number of carbonyl (C=O) groups excluding carboxylic acids is 2. The van der Waals surface area contributed by atoms with Gasteiger partial charge < -0.3 is 15.4 Å². The molecule has 0 bridgehead atoms. The van der Waals surface area contributed by atoms with Crippen LogP contribution in [0.4, 0.5) is 5.69 Å². The topological polar surface area (TPSA) is 75.9 Å². The Bertz CT molecular complexity index is 825. The maximum atomic E-state index is 13.3. The van der Waals surface area contributed by atoms with Gasteiger partial charge in [0.2, 0.25) is 11.8 Å². The largest absolute Gasteiger partial charge is 0.495 e. The van der Waals surface area contributed by atoms with Gasteiger partial charge in [-0.3, -0.25) is 14.5 Å². The second-order valence-corrected chi connectivity index (χ2v) is 7.39. The van der Waals surface area contributed by atoms with E-state index in [0.717, 1.165) is 25.8 Å². The molecule has 0 spiro atoms. The summed E-state index contributed by atoms with van der Waals surface area (Å²) >= 11 is 0. The van der Waals surface area contributed by atoms with Crippen molar-refractivity contribution in [3.05, 3.63) is 60.2 Å². The lowest BCUT2D eigenvalue weighted by Gasteiger charge is -2.29. The number of carbonyl (C=O) groups is 2. The molecule has 1 aliphatic rings. The number of anilines is 1. The van der Waals surface area contributed by atoms with Crippen LogP contribution in [0, 0.1) is 0 Å². The molecule has 0 unspecified atom stereocenters. The summed E-state index contributed by atoms with van der Waals surface area (Å²) in [5, 5.41) is 0. The van der Waals surface area contributed by atoms with Gasteiger partial charge in [0, 0.05) is 19.0 Å². The normalized spacial score (nSPS) is 16.5. The zero-order valence-electron chi connectivity index (χ0n) is 16.9. The fraction of sp³-hybridized carbons (Fsp3) is 0.391. The molecule has 1 heterocycles. The van der Waals surface area contributed by atoms with Gasteiger partial charge in [-0.05, 0) is 43.5 Å². The molecule has 6 heteroatoms. The minimum absolute atomic E-state index is 0.0456. The van der Waals surface area contributed by atoms with Crippen LogP contribution >= 0.6 is 0 Å². The van der Waals surface area contributed by atoms with Crippen LogP contribution in [0.1, 0.15) is 24.8 Å². The number of rotatable bonds is 9. The number of amides is 2. The Morgan fingerprint density at radius 1 is 1.14 bits per heavy atom. The zero-order valence-corrected chi connectivity index (χ0v) is 16.9. The summed E-state index contributed by atoms with van der Waals surface area (Å²) in [6.45, 7) is 1.46. The van der Waals surface area contributed by atoms with Gasteiger partial charge in [-0.1, -0.05) is 42.5 Å². The van der Waals surface area contributed by atoms with Crippen molar-refractivity contribution in [3.63, 3.8) is 0 Å². The smallest absolute Gasteiger partial charge is 0.241 e. The first kappa shape index (κ1) is 20.9. The molecule has 0 aromatic heterocycles. The molecule has 0 radical (unpaired) electrons. The molecule has 2 N–H and O–H groups in total. The molecule has 0 aliphatic carbocycles. The maximum absolute atomic E-state index is 13.3. The van der Waals surface area contributed by atoms with Crippen LogP contribution in [0.15, 0.2) is 54.6 Å². The molecule has 1 saturated heterocycles. The molecule has 1 fully saturated rings. The average Bonchev–Trinajstić information content (AvgIpc) is 3.15. The van der Waals surface area contributed by atoms with Crippen LogP contribution in [0.5, 0.6) is 5.75 Å². The molecular formula is C23H29N3O3. The van der Waals surface area contributed by atoms with Crippen molar-refractivity contribution in [1.82, 2.24) is 4.90 Å². The summed E-state index contributed by atoms with van der Waals surface area (Å²) in [5.74, 6) is 0.129. The van der Waals surface area contributed by atoms with E-state index in [2.05, 4.69) is 17.0 Å². The first-order valence-electron chi connectivity index (χ1n) is 10.1. The summed E-state index contributed by atoms with van der Waals surface area (Å²) < 4.78 is 5.43. The lowest BCUT2D eigenvalue weighted by atomic mass is 10.0. The van der Waals surface area contributed by atoms with Crippen molar-refractivity contribution < 1.29 is 14.3 Å². The van der Waals surface area contributed by atoms with Crippen LogP contribution in [0.2, 0.25) is 0 Å². The van der Waals surface area contributed by atoms with E-state index >= 15 is 0 Å². The number of primary amides is 1. The Hall–Kier alpha value is -2.86. The highest BCUT2D eigenvalue weighted by Gasteiger charge is 2.29. The highest BCUT2D eigenvalue weighted by molar-refractivity contribution is 5.96. The maximum Gasteiger partial charge on any atom is 0.241 e. The number of nitrogens with zero attached hydrogens (tertiary/aromatic N) is 2. The second-order valence-electron chi connectivity index (χ2n) is 7.39. The van der Waals surface area contributed by atoms with Gasteiger partial charge in [0.25, 0.3) is 0 Å². The Kier molecular flexibility index (Phi) is 7.25. The van der Waals surface area contributed by atoms with E-state index in [1.54, 1.807) is 12.0 Å². The average molecular weight is 396 g/mol. The minimum Gasteiger partial charge on any atom is -0.495 e. The molecule has 2 aromatic carbocycles. The summed E-state index contributed by atoms with van der Waals surface area (Å²) in [6, 6.07) is 18.1. The SMILES string of the molecule is COc1ccccc1N(CCC(N)=O)C(=O)CN1CCC[C@H]1Cc1ccccc1. The molecule has 6 nitrogen and oxygen atoms in total. The molecule has 154 valence electrons. The number of nitrogens with two attached hydrogens (primary N) is 1. The number of ether oxygens (including phenoxy) is 1. The molecule has 2 aromatic rings. The van der Waals surface area contributed by atoms with Gasteiger partial charge >= 0.3 is 0 Å². The van der Waals surface area contributed by atoms with E-state index < -0.39 is 5.91 Å². The third-order valence-electron chi connectivity index (χ3n) is 5.41. The van der Waals surface area contributed by atoms with Crippen LogP contribution in [-0.4, -0.2) is 49.5 Å². The molecule has 29 heavy (non-hydrogen) atoms. The van der Waals surface area contributed by atoms with Crippen LogP contribution in [0.25, 0.3) is 0 Å². The van der Waals surface area contributed by atoms with E-state index in [9.17, 15) is 9.59 Å². The lowest BCUT2D eigenvalue weighted by Crippen LogP contribution is -2.44. The lowest BCUT2D eigenvalue weighted by molar-refractivity contribution is -0.120. The van der Waals surface area contributed by atoms with Crippen LogP contribution in [-0.2, 0) is 16.0 Å². The number of methoxy groups -OCH3 is 1. The zero-order chi connectivity index (χ0) is 20.6. The Labute approximate surface area is 172 Å². The third-order valence-corrected chi connectivity index (χ3v) is 5.41. The number of hydrogen-bond acceptors (Lipinski definition) is 4. The number of benzene rings is 2. The molecule has 2 amide bonds. The third kappa shape index (κ3) is 5.57. The molecule has 0 saturated carbocycles. The van der Waals surface area contributed by atoms with Crippen molar-refractivity contribution in [1.29, 1.82) is 0 Å². The summed E-state index contributed by atoms with van der Waals surface area (Å²) in [7, 11) is 1.58. The standard InChI is InChI=1S/C23H29N3O3/c1-29-21-12-6-5-11-20(21)26(15-13-22(24)27)23(28)17-25-14-7-10-19(25)16-18-8-3-2-4-9-18/h2-6,8-9,11-12,19H,7,10,13-17H2,1H3,(H2,24,27)/t19-/m0/s1. The molecule has 1 aliphatic heterocycles. The van der Waals surface area contributed by atoms with Crippen LogP contribution < -0.4 is 15.4 Å². The van der Waals surface area contributed by atoms with Gasteiger partial charge in [-0.25, -0.2) is 0 Å². The summed E-state index contributed by atoms with van der Waals surface area (Å²) in [6.07, 6.45) is 3.21. The van der Waals surface area contributed by atoms with Gasteiger partial charge in [-0.15, -0.1) is 0 Å². The highest BCUT2D eigenvalue weighted by atomic mass is 16.5. The van der Waals surface area contributed by atoms with Crippen molar-refractivity contribution in [2.45, 2.75) is 31.7 Å². The molecule has 1 atom stereocenters. The Morgan fingerprint density at radius 3 is 2.59 bits per heavy atom. The molecular weight excluding hydrogens is 366 g/mol. The fourth-order valence-electron chi connectivity index (χ4n) is 3.93. The number of hydrogen-bond donors (Lipinski definition) is 1. The van der Waals surface area contributed by atoms with Gasteiger partial charge in [-0.2, -0.15) is 0 Å². The first-order valence-corrected chi connectivity index (χ1v) is 10.1. The summed E-state index contributed by atoms with van der Waals surface area (Å²) in [4.78, 5) is 28.5. The predicted octanol–water partition coefficient (Wildman–Crippen LogP) is 2.61. The van der Waals surface area contributed by atoms with E-state index in [1.807, 2.05) is 42.5 Å². The predicted molar refractivity (Wildman–Crippen MR) is 114 cm³/mol. The van der Waals surface area contributed by atoms with Crippen molar-refractivity contribution in [2.75, 3.05) is 31.6 Å². The van der Waals surface area contributed by atoms with E-state index in [4.69, 9.17) is 10.5 Å². The van der Waals surface area contributed by atoms with Gasteiger partial charge in [0.15, 0.2) is 0 Å². The van der Waals surface area contributed by atoms with Gasteiger partial charge in [0.1, 0.15) is 5.75 Å². The molecule has 3 rings (SSSR count). The van der Waals surface area contributed by atoms with Crippen molar-refractivity contribution >= 4 is 17.5 Å². The van der Waals surface area contributed by atoms with E-state index in [1.165, 1.54) is 5.56 Å². The monoisotopic (exact) mass is 395 g/mol. The number of para-hydroxylation sites is 2.